The summed E-state index contributed by atoms with van der Waals surface area (Å²) in [4.78, 5) is 33.8. The van der Waals surface area contributed by atoms with Crippen molar-refractivity contribution >= 4 is 22.8 Å². The second-order valence-electron chi connectivity index (χ2n) is 6.44. The van der Waals surface area contributed by atoms with Crippen molar-refractivity contribution in [3.05, 3.63) is 96.2 Å². The number of carbonyl (C=O) groups is 2. The molecular weight excluding hydrogens is 366 g/mol. The average Bonchev–Trinajstić information content (AvgIpc) is 2.77. The van der Waals surface area contributed by atoms with Crippen molar-refractivity contribution in [1.82, 2.24) is 15.3 Å². The molecule has 142 valence electrons. The molecule has 2 aromatic heterocycles. The second-order valence-corrected chi connectivity index (χ2v) is 6.44. The molecule has 0 saturated carbocycles. The van der Waals surface area contributed by atoms with Crippen LogP contribution in [-0.4, -0.2) is 27.0 Å². The van der Waals surface area contributed by atoms with E-state index in [-0.39, 0.29) is 0 Å². The molecule has 0 bridgehead atoms. The topological polar surface area (TPSA) is 92.2 Å². The summed E-state index contributed by atoms with van der Waals surface area (Å²) in [5.74, 6) is -1.62. The maximum atomic E-state index is 13.1. The summed E-state index contributed by atoms with van der Waals surface area (Å²) in [5, 5.41) is 12.9. The minimum absolute atomic E-state index is 0.346. The molecule has 2 N–H and O–H groups in total. The molecule has 6 nitrogen and oxygen atoms in total. The Balaban J connectivity index is 1.78. The van der Waals surface area contributed by atoms with Crippen LogP contribution in [0.5, 0.6) is 0 Å². The molecule has 0 unspecified atom stereocenters. The molecule has 2 heterocycles. The lowest BCUT2D eigenvalue weighted by atomic mass is 10.0. The number of hydrogen-bond donors (Lipinski definition) is 2. The normalized spacial score (nSPS) is 11.7. The molecular formula is C23H17N3O3. The predicted molar refractivity (Wildman–Crippen MR) is 109 cm³/mol. The van der Waals surface area contributed by atoms with Gasteiger partial charge >= 0.3 is 5.97 Å². The lowest BCUT2D eigenvalue weighted by Gasteiger charge is -2.16. The summed E-state index contributed by atoms with van der Waals surface area (Å²) in [6.07, 6.45) is 1.65. The van der Waals surface area contributed by atoms with E-state index in [4.69, 9.17) is 0 Å². The first-order chi connectivity index (χ1) is 14.1. The lowest BCUT2D eigenvalue weighted by Crippen LogP contribution is -2.33. The van der Waals surface area contributed by atoms with Crippen LogP contribution in [0.3, 0.4) is 0 Å². The predicted octanol–water partition coefficient (Wildman–Crippen LogP) is 3.85. The molecule has 6 heteroatoms. The van der Waals surface area contributed by atoms with Crippen LogP contribution in [0.1, 0.15) is 22.0 Å². The van der Waals surface area contributed by atoms with Gasteiger partial charge in [0.05, 0.1) is 22.5 Å². The number of aromatic nitrogens is 2. The molecule has 0 spiro atoms. The monoisotopic (exact) mass is 383 g/mol. The summed E-state index contributed by atoms with van der Waals surface area (Å²) in [5.41, 5.74) is 2.65. The standard InChI is InChI=1S/C23H17N3O3/c27-22(26-21(23(28)29)15-8-2-1-3-9-15)17-14-20(19-12-6-7-13-24-19)25-18-11-5-4-10-16(17)18/h1-14,21H,(H,26,27)(H,28,29)/t21-/m1/s1. The first kappa shape index (κ1) is 18.3. The molecule has 0 fully saturated rings. The number of carboxylic acid groups (broad SMARTS) is 1. The van der Waals surface area contributed by atoms with Gasteiger partial charge in [0.2, 0.25) is 0 Å². The maximum Gasteiger partial charge on any atom is 0.330 e. The first-order valence-corrected chi connectivity index (χ1v) is 9.03. The summed E-state index contributed by atoms with van der Waals surface area (Å²) in [6.45, 7) is 0. The van der Waals surface area contributed by atoms with Gasteiger partial charge in [-0.25, -0.2) is 9.78 Å². The molecule has 0 radical (unpaired) electrons. The molecule has 2 aromatic carbocycles. The number of nitrogens with zero attached hydrogens (tertiary/aromatic N) is 2. The molecule has 1 atom stereocenters. The van der Waals surface area contributed by atoms with Gasteiger partial charge in [0, 0.05) is 11.6 Å². The second kappa shape index (κ2) is 7.90. The van der Waals surface area contributed by atoms with Crippen LogP contribution in [0.4, 0.5) is 0 Å². The van der Waals surface area contributed by atoms with Crippen molar-refractivity contribution in [3.63, 3.8) is 0 Å². The number of pyridine rings is 2. The van der Waals surface area contributed by atoms with Gasteiger partial charge < -0.3 is 10.4 Å². The van der Waals surface area contributed by atoms with Gasteiger partial charge in [-0.15, -0.1) is 0 Å². The van der Waals surface area contributed by atoms with Gasteiger partial charge in [-0.3, -0.25) is 9.78 Å². The summed E-state index contributed by atoms with van der Waals surface area (Å²) < 4.78 is 0. The summed E-state index contributed by atoms with van der Waals surface area (Å²) in [6, 6.07) is 21.8. The third kappa shape index (κ3) is 3.82. The minimum Gasteiger partial charge on any atom is -0.479 e. The van der Waals surface area contributed by atoms with E-state index in [2.05, 4.69) is 15.3 Å². The fourth-order valence-electron chi connectivity index (χ4n) is 3.15. The Labute approximate surface area is 166 Å². The molecule has 0 saturated heterocycles. The number of carboxylic acids is 1. The number of aliphatic carboxylic acids is 1. The van der Waals surface area contributed by atoms with Crippen molar-refractivity contribution in [1.29, 1.82) is 0 Å². The number of nitrogens with one attached hydrogen (secondary N) is 1. The van der Waals surface area contributed by atoms with Crippen LogP contribution in [0.2, 0.25) is 0 Å². The number of carbonyl (C=O) groups excluding carboxylic acids is 1. The zero-order valence-electron chi connectivity index (χ0n) is 15.3. The number of rotatable bonds is 5. The highest BCUT2D eigenvalue weighted by atomic mass is 16.4. The van der Waals surface area contributed by atoms with E-state index in [9.17, 15) is 14.7 Å². The first-order valence-electron chi connectivity index (χ1n) is 9.03. The van der Waals surface area contributed by atoms with Crippen LogP contribution in [-0.2, 0) is 4.79 Å². The van der Waals surface area contributed by atoms with Crippen molar-refractivity contribution < 1.29 is 14.7 Å². The Kier molecular flexibility index (Phi) is 4.99. The number of amides is 1. The van der Waals surface area contributed by atoms with Crippen molar-refractivity contribution in [2.75, 3.05) is 0 Å². The third-order valence-electron chi connectivity index (χ3n) is 4.54. The third-order valence-corrected chi connectivity index (χ3v) is 4.54. The van der Waals surface area contributed by atoms with E-state index < -0.39 is 17.9 Å². The van der Waals surface area contributed by atoms with Gasteiger partial charge in [0.1, 0.15) is 0 Å². The SMILES string of the molecule is O=C(N[C@@H](C(=O)O)c1ccccc1)c1cc(-c2ccccn2)nc2ccccc12. The molecule has 4 rings (SSSR count). The number of hydrogen-bond acceptors (Lipinski definition) is 4. The van der Waals surface area contributed by atoms with Gasteiger partial charge in [-0.1, -0.05) is 54.6 Å². The number of para-hydroxylation sites is 1. The largest absolute Gasteiger partial charge is 0.479 e. The summed E-state index contributed by atoms with van der Waals surface area (Å²) >= 11 is 0. The highest BCUT2D eigenvalue weighted by molar-refractivity contribution is 6.08. The zero-order valence-corrected chi connectivity index (χ0v) is 15.3. The van der Waals surface area contributed by atoms with E-state index in [1.165, 1.54) is 0 Å². The quantitative estimate of drug-likeness (QED) is 0.546. The Hall–Kier alpha value is -4.06. The van der Waals surface area contributed by atoms with Crippen molar-refractivity contribution in [2.45, 2.75) is 6.04 Å². The number of benzene rings is 2. The van der Waals surface area contributed by atoms with E-state index in [0.717, 1.165) is 0 Å². The fraction of sp³-hybridized carbons (Fsp3) is 0.0435. The molecule has 1 amide bonds. The smallest absolute Gasteiger partial charge is 0.330 e. The van der Waals surface area contributed by atoms with Crippen molar-refractivity contribution in [3.8, 4) is 11.4 Å². The molecule has 29 heavy (non-hydrogen) atoms. The van der Waals surface area contributed by atoms with Crippen LogP contribution in [0, 0.1) is 0 Å². The average molecular weight is 383 g/mol. The van der Waals surface area contributed by atoms with Crippen molar-refractivity contribution in [2.24, 2.45) is 0 Å². The highest BCUT2D eigenvalue weighted by Gasteiger charge is 2.24. The molecule has 0 aliphatic heterocycles. The Morgan fingerprint density at radius 1 is 0.862 bits per heavy atom. The lowest BCUT2D eigenvalue weighted by molar-refractivity contribution is -0.139. The van der Waals surface area contributed by atoms with Crippen LogP contribution in [0.25, 0.3) is 22.3 Å². The van der Waals surface area contributed by atoms with E-state index >= 15 is 0 Å². The van der Waals surface area contributed by atoms with Gasteiger partial charge in [-0.05, 0) is 29.8 Å². The van der Waals surface area contributed by atoms with E-state index in [1.54, 1.807) is 54.7 Å². The fourth-order valence-corrected chi connectivity index (χ4v) is 3.15. The highest BCUT2D eigenvalue weighted by Crippen LogP contribution is 2.24. The van der Waals surface area contributed by atoms with Gasteiger partial charge in [-0.2, -0.15) is 0 Å². The Morgan fingerprint density at radius 2 is 1.59 bits per heavy atom. The zero-order chi connectivity index (χ0) is 20.2. The number of fused-ring (bicyclic) bond motifs is 1. The van der Waals surface area contributed by atoms with Crippen LogP contribution >= 0.6 is 0 Å². The van der Waals surface area contributed by atoms with E-state index in [0.29, 0.717) is 33.4 Å². The molecule has 4 aromatic rings. The minimum atomic E-state index is -1.16. The molecule has 0 aliphatic rings. The van der Waals surface area contributed by atoms with Crippen LogP contribution in [0.15, 0.2) is 85.1 Å². The Morgan fingerprint density at radius 3 is 2.31 bits per heavy atom. The Bertz CT molecular complexity index is 1180. The maximum absolute atomic E-state index is 13.1. The van der Waals surface area contributed by atoms with Gasteiger partial charge in [0.15, 0.2) is 6.04 Å². The molecule has 0 aliphatic carbocycles. The van der Waals surface area contributed by atoms with E-state index in [1.807, 2.05) is 30.3 Å². The van der Waals surface area contributed by atoms with Crippen LogP contribution < -0.4 is 5.32 Å². The summed E-state index contributed by atoms with van der Waals surface area (Å²) in [7, 11) is 0. The van der Waals surface area contributed by atoms with Gasteiger partial charge in [0.25, 0.3) is 5.91 Å².